The second-order valence-electron chi connectivity index (χ2n) is 8.89. The van der Waals surface area contributed by atoms with Crippen molar-refractivity contribution in [3.05, 3.63) is 83.4 Å². The van der Waals surface area contributed by atoms with Gasteiger partial charge in [0.05, 0.1) is 17.6 Å². The molecule has 1 N–H and O–H groups in total. The summed E-state index contributed by atoms with van der Waals surface area (Å²) in [5.74, 6) is 0.288. The minimum Gasteiger partial charge on any atom is -0.306 e. The molecule has 0 unspecified atom stereocenters. The van der Waals surface area contributed by atoms with E-state index in [2.05, 4.69) is 27.9 Å². The highest BCUT2D eigenvalue weighted by Crippen LogP contribution is 2.50. The van der Waals surface area contributed by atoms with Gasteiger partial charge in [0, 0.05) is 22.9 Å². The van der Waals surface area contributed by atoms with E-state index in [1.54, 1.807) is 18.5 Å². The summed E-state index contributed by atoms with van der Waals surface area (Å²) in [5.41, 5.74) is 4.89. The zero-order chi connectivity index (χ0) is 21.2. The van der Waals surface area contributed by atoms with Gasteiger partial charge in [-0.15, -0.1) is 0 Å². The van der Waals surface area contributed by atoms with E-state index in [0.29, 0.717) is 0 Å². The Morgan fingerprint density at radius 3 is 2.48 bits per heavy atom. The van der Waals surface area contributed by atoms with Crippen LogP contribution in [0.5, 0.6) is 0 Å². The summed E-state index contributed by atoms with van der Waals surface area (Å²) in [6.45, 7) is 0. The summed E-state index contributed by atoms with van der Waals surface area (Å²) < 4.78 is 42.4. The molecule has 1 saturated carbocycles. The van der Waals surface area contributed by atoms with E-state index < -0.39 is 15.6 Å². The summed E-state index contributed by atoms with van der Waals surface area (Å²) in [5, 5.41) is 1.35. The first kappa shape index (κ1) is 19.0. The molecule has 2 bridgehead atoms. The number of nitrogens with one attached hydrogen (secondary N) is 1. The highest BCUT2D eigenvalue weighted by Gasteiger charge is 2.54. The minimum atomic E-state index is -3.33. The lowest BCUT2D eigenvalue weighted by atomic mass is 9.80. The van der Waals surface area contributed by atoms with Crippen molar-refractivity contribution >= 4 is 10.0 Å². The van der Waals surface area contributed by atoms with Crippen LogP contribution in [0.2, 0.25) is 0 Å². The van der Waals surface area contributed by atoms with Gasteiger partial charge in [-0.25, -0.2) is 22.5 Å². The lowest BCUT2D eigenvalue weighted by Crippen LogP contribution is -2.50. The van der Waals surface area contributed by atoms with Crippen LogP contribution in [0.4, 0.5) is 4.39 Å². The van der Waals surface area contributed by atoms with E-state index >= 15 is 0 Å². The molecular weight excluding hydrogens is 413 g/mol. The summed E-state index contributed by atoms with van der Waals surface area (Å²) >= 11 is 0. The van der Waals surface area contributed by atoms with Crippen LogP contribution in [-0.2, 0) is 22.9 Å². The Bertz CT molecular complexity index is 1310. The van der Waals surface area contributed by atoms with Gasteiger partial charge < -0.3 is 4.57 Å². The number of imidazole rings is 1. The first-order valence-corrected chi connectivity index (χ1v) is 12.1. The number of fused-ring (bicyclic) bond motifs is 1. The normalized spacial score (nSPS) is 28.0. The molecule has 31 heavy (non-hydrogen) atoms. The molecule has 3 aromatic rings. The van der Waals surface area contributed by atoms with Crippen LogP contribution in [0.3, 0.4) is 0 Å². The third-order valence-electron chi connectivity index (χ3n) is 7.20. The lowest BCUT2D eigenvalue weighted by Gasteiger charge is -2.33. The topological polar surface area (TPSA) is 64.0 Å². The molecule has 6 rings (SSSR count). The second kappa shape index (κ2) is 6.61. The second-order valence-corrected chi connectivity index (χ2v) is 10.5. The number of aromatic nitrogens is 2. The fraction of sp³-hybridized carbons (Fsp3) is 0.292. The Balaban J connectivity index is 1.33. The third kappa shape index (κ3) is 3.06. The smallest absolute Gasteiger partial charge is 0.234 e. The summed E-state index contributed by atoms with van der Waals surface area (Å²) in [7, 11) is -3.33. The monoisotopic (exact) mass is 435 g/mol. The van der Waals surface area contributed by atoms with E-state index in [-0.39, 0.29) is 17.7 Å². The largest absolute Gasteiger partial charge is 0.306 e. The number of hydrogen-bond acceptors (Lipinski definition) is 3. The first-order valence-electron chi connectivity index (χ1n) is 10.6. The Labute approximate surface area is 180 Å². The van der Waals surface area contributed by atoms with Gasteiger partial charge in [-0.05, 0) is 79.0 Å². The predicted molar refractivity (Wildman–Crippen MR) is 117 cm³/mol. The van der Waals surface area contributed by atoms with Crippen LogP contribution in [-0.4, -0.2) is 23.5 Å². The molecule has 158 valence electrons. The van der Waals surface area contributed by atoms with E-state index in [9.17, 15) is 12.8 Å². The molecule has 1 aromatic heterocycles. The van der Waals surface area contributed by atoms with Crippen LogP contribution in [0.1, 0.15) is 24.0 Å². The molecule has 3 atom stereocenters. The maximum absolute atomic E-state index is 13.2. The van der Waals surface area contributed by atoms with E-state index in [4.69, 9.17) is 0 Å². The molecule has 2 aliphatic carbocycles. The van der Waals surface area contributed by atoms with Gasteiger partial charge in [-0.3, -0.25) is 0 Å². The average molecular weight is 436 g/mol. The predicted octanol–water partition coefficient (Wildman–Crippen LogP) is 3.99. The molecule has 0 saturated heterocycles. The van der Waals surface area contributed by atoms with Gasteiger partial charge in [-0.2, -0.15) is 0 Å². The van der Waals surface area contributed by atoms with Gasteiger partial charge >= 0.3 is 0 Å². The Morgan fingerprint density at radius 1 is 1.03 bits per heavy atom. The molecule has 0 radical (unpaired) electrons. The van der Waals surface area contributed by atoms with Crippen molar-refractivity contribution in [1.29, 1.82) is 0 Å². The van der Waals surface area contributed by atoms with Crippen molar-refractivity contribution in [2.45, 2.75) is 31.2 Å². The summed E-state index contributed by atoms with van der Waals surface area (Å²) in [6.07, 6.45) is 9.40. The van der Waals surface area contributed by atoms with Crippen molar-refractivity contribution in [2.75, 3.05) is 0 Å². The van der Waals surface area contributed by atoms with Crippen molar-refractivity contribution in [3.8, 4) is 16.9 Å². The standard InChI is InChI=1S/C24H22FN3O2S/c25-21-5-7-22(8-6-21)28-14-23(26-15-28)17-2-1-16-12-19-3-4-20(13-18(16)11-17)24(19)9-10-31(29,30)27-24/h1-2,5-11,14-15,19-20,27H,3-4,12-13H2/t19-,20+,24-/m1/s1. The summed E-state index contributed by atoms with van der Waals surface area (Å²) in [4.78, 5) is 4.56. The van der Waals surface area contributed by atoms with Gasteiger partial charge in [0.25, 0.3) is 0 Å². The van der Waals surface area contributed by atoms with Crippen molar-refractivity contribution < 1.29 is 12.8 Å². The number of halogens is 1. The van der Waals surface area contributed by atoms with Crippen molar-refractivity contribution in [3.63, 3.8) is 0 Å². The number of sulfonamides is 1. The molecule has 5 nitrogen and oxygen atoms in total. The van der Waals surface area contributed by atoms with Crippen molar-refractivity contribution in [2.24, 2.45) is 11.8 Å². The average Bonchev–Trinajstić information content (AvgIpc) is 3.40. The van der Waals surface area contributed by atoms with E-state index in [1.165, 1.54) is 28.7 Å². The first-order chi connectivity index (χ1) is 14.9. The van der Waals surface area contributed by atoms with Gasteiger partial charge in [0.1, 0.15) is 5.82 Å². The minimum absolute atomic E-state index is 0.263. The molecule has 3 aliphatic rings. The van der Waals surface area contributed by atoms with Crippen LogP contribution in [0.25, 0.3) is 16.9 Å². The zero-order valence-electron chi connectivity index (χ0n) is 16.8. The Hall–Kier alpha value is -2.77. The number of hydrogen-bond donors (Lipinski definition) is 1. The maximum atomic E-state index is 13.2. The lowest BCUT2D eigenvalue weighted by molar-refractivity contribution is 0.295. The van der Waals surface area contributed by atoms with Crippen molar-refractivity contribution in [1.82, 2.24) is 14.3 Å². The fourth-order valence-electron chi connectivity index (χ4n) is 5.64. The van der Waals surface area contributed by atoms with Crippen LogP contribution >= 0.6 is 0 Å². The molecule has 1 fully saturated rings. The fourth-order valence-corrected chi connectivity index (χ4v) is 7.01. The molecule has 1 spiro atoms. The third-order valence-corrected chi connectivity index (χ3v) is 8.33. The molecule has 1 aliphatic heterocycles. The molecule has 2 aromatic carbocycles. The number of nitrogens with zero attached hydrogens (tertiary/aromatic N) is 2. The Morgan fingerprint density at radius 2 is 1.77 bits per heavy atom. The van der Waals surface area contributed by atoms with Crippen LogP contribution in [0, 0.1) is 17.7 Å². The van der Waals surface area contributed by atoms with E-state index in [1.807, 2.05) is 16.8 Å². The van der Waals surface area contributed by atoms with Crippen LogP contribution < -0.4 is 4.72 Å². The quantitative estimate of drug-likeness (QED) is 0.662. The van der Waals surface area contributed by atoms with Gasteiger partial charge in [0.15, 0.2) is 0 Å². The summed E-state index contributed by atoms with van der Waals surface area (Å²) in [6, 6.07) is 12.8. The Kier molecular flexibility index (Phi) is 4.04. The van der Waals surface area contributed by atoms with E-state index in [0.717, 1.165) is 42.6 Å². The number of rotatable bonds is 2. The molecule has 2 heterocycles. The molecular formula is C24H22FN3O2S. The highest BCUT2D eigenvalue weighted by molar-refractivity contribution is 7.92. The van der Waals surface area contributed by atoms with Gasteiger partial charge in [-0.1, -0.05) is 18.2 Å². The number of benzene rings is 2. The highest BCUT2D eigenvalue weighted by atomic mass is 32.2. The SMILES string of the molecule is O=S1(=O)C=C[C@@]2(N1)[C@@H]1CC[C@H]2Cc2cc(-c3cn(-c4ccc(F)cc4)cn3)ccc2C1. The van der Waals surface area contributed by atoms with Gasteiger partial charge in [0.2, 0.25) is 10.0 Å². The zero-order valence-corrected chi connectivity index (χ0v) is 17.6. The molecule has 0 amide bonds. The molecule has 7 heteroatoms. The van der Waals surface area contributed by atoms with Crippen LogP contribution in [0.15, 0.2) is 66.5 Å². The maximum Gasteiger partial charge on any atom is 0.234 e.